The Morgan fingerprint density at radius 3 is 1.33 bits per heavy atom. The smallest absolute Gasteiger partial charge is 0.339 e. The van der Waals surface area contributed by atoms with E-state index in [9.17, 15) is 14.4 Å². The first-order chi connectivity index (χ1) is 23.9. The lowest BCUT2D eigenvalue weighted by molar-refractivity contribution is 0.0398. The van der Waals surface area contributed by atoms with Gasteiger partial charge in [0.15, 0.2) is 0 Å². The van der Waals surface area contributed by atoms with Crippen molar-refractivity contribution in [1.82, 2.24) is 0 Å². The number of ether oxygens (including phenoxy) is 3. The first-order valence-electron chi connectivity index (χ1n) is 20.6. The van der Waals surface area contributed by atoms with Crippen LogP contribution in [0.1, 0.15) is 220 Å². The maximum Gasteiger partial charge on any atom is 0.339 e. The Kier molecular flexibility index (Phi) is 27.8. The van der Waals surface area contributed by atoms with Gasteiger partial charge in [-0.05, 0) is 49.3 Å². The zero-order valence-electron chi connectivity index (χ0n) is 32.4. The van der Waals surface area contributed by atoms with Crippen molar-refractivity contribution in [2.45, 2.75) is 189 Å². The van der Waals surface area contributed by atoms with Gasteiger partial charge < -0.3 is 14.2 Å². The van der Waals surface area contributed by atoms with Crippen molar-refractivity contribution in [3.05, 3.63) is 34.9 Å². The van der Waals surface area contributed by atoms with Crippen LogP contribution in [0.3, 0.4) is 0 Å². The van der Waals surface area contributed by atoms with Gasteiger partial charge in [0.2, 0.25) is 0 Å². The highest BCUT2D eigenvalue weighted by atomic mass is 16.5. The molecule has 0 spiro atoms. The monoisotopic (exact) mass is 687 g/mol. The van der Waals surface area contributed by atoms with Crippen LogP contribution in [-0.4, -0.2) is 37.7 Å². The number of benzene rings is 1. The molecule has 0 aliphatic carbocycles. The predicted molar refractivity (Wildman–Crippen MR) is 203 cm³/mol. The van der Waals surface area contributed by atoms with Crippen molar-refractivity contribution < 1.29 is 28.6 Å². The van der Waals surface area contributed by atoms with Gasteiger partial charge in [-0.1, -0.05) is 169 Å². The Morgan fingerprint density at radius 1 is 0.469 bits per heavy atom. The van der Waals surface area contributed by atoms with Crippen molar-refractivity contribution >= 4 is 17.9 Å². The lowest BCUT2D eigenvalue weighted by Crippen LogP contribution is -2.19. The second-order valence-electron chi connectivity index (χ2n) is 14.2. The second-order valence-corrected chi connectivity index (χ2v) is 14.2. The van der Waals surface area contributed by atoms with E-state index in [0.717, 1.165) is 70.6 Å². The average Bonchev–Trinajstić information content (AvgIpc) is 3.12. The highest BCUT2D eigenvalue weighted by Gasteiger charge is 2.23. The quantitative estimate of drug-likeness (QED) is 0.0426. The molecule has 0 radical (unpaired) electrons. The fourth-order valence-corrected chi connectivity index (χ4v) is 6.26. The van der Waals surface area contributed by atoms with Gasteiger partial charge in [0.05, 0.1) is 36.5 Å². The van der Waals surface area contributed by atoms with Crippen LogP contribution in [0.4, 0.5) is 0 Å². The lowest BCUT2D eigenvalue weighted by Gasteiger charge is -2.17. The molecule has 49 heavy (non-hydrogen) atoms. The number of carbonyl (C=O) groups is 3. The highest BCUT2D eigenvalue weighted by molar-refractivity contribution is 6.05. The predicted octanol–water partition coefficient (Wildman–Crippen LogP) is 12.9. The van der Waals surface area contributed by atoms with Crippen molar-refractivity contribution in [3.63, 3.8) is 0 Å². The molecule has 2 atom stereocenters. The molecule has 0 saturated heterocycles. The minimum absolute atomic E-state index is 0.0653. The Bertz CT molecular complexity index is 989. The van der Waals surface area contributed by atoms with Crippen LogP contribution < -0.4 is 0 Å². The van der Waals surface area contributed by atoms with E-state index in [1.807, 2.05) is 0 Å². The molecule has 0 aliphatic heterocycles. The average molecular weight is 687 g/mol. The van der Waals surface area contributed by atoms with Crippen LogP contribution in [0, 0.1) is 11.8 Å². The first kappa shape index (κ1) is 44.7. The van der Waals surface area contributed by atoms with E-state index in [0.29, 0.717) is 19.1 Å². The maximum absolute atomic E-state index is 13.3. The van der Waals surface area contributed by atoms with E-state index in [1.165, 1.54) is 95.6 Å². The molecule has 1 aromatic carbocycles. The Balaban J connectivity index is 2.59. The topological polar surface area (TPSA) is 78.9 Å². The number of hydrogen-bond acceptors (Lipinski definition) is 6. The van der Waals surface area contributed by atoms with E-state index in [2.05, 4.69) is 34.6 Å². The molecular formula is C43H74O6. The van der Waals surface area contributed by atoms with Crippen LogP contribution in [0.15, 0.2) is 18.2 Å². The minimum atomic E-state index is -0.602. The number of hydrogen-bond donors (Lipinski definition) is 0. The molecule has 0 heterocycles. The van der Waals surface area contributed by atoms with E-state index >= 15 is 0 Å². The summed E-state index contributed by atoms with van der Waals surface area (Å²) in [6.07, 6.45) is 28.7. The Hall–Kier alpha value is -2.37. The molecular weight excluding hydrogens is 612 g/mol. The van der Waals surface area contributed by atoms with Crippen LogP contribution in [0.2, 0.25) is 0 Å². The second kappa shape index (κ2) is 30.5. The molecule has 0 bridgehead atoms. The summed E-state index contributed by atoms with van der Waals surface area (Å²) in [5.74, 6) is -1.07. The van der Waals surface area contributed by atoms with Gasteiger partial charge in [0, 0.05) is 0 Å². The van der Waals surface area contributed by atoms with Crippen LogP contribution in [0.5, 0.6) is 0 Å². The van der Waals surface area contributed by atoms with Gasteiger partial charge in [-0.25, -0.2) is 14.4 Å². The van der Waals surface area contributed by atoms with Crippen molar-refractivity contribution in [1.29, 1.82) is 0 Å². The zero-order chi connectivity index (χ0) is 36.0. The lowest BCUT2D eigenvalue weighted by atomic mass is 10.00. The van der Waals surface area contributed by atoms with E-state index in [-0.39, 0.29) is 29.2 Å². The van der Waals surface area contributed by atoms with Crippen molar-refractivity contribution in [2.75, 3.05) is 19.8 Å². The molecule has 6 nitrogen and oxygen atoms in total. The Morgan fingerprint density at radius 2 is 0.878 bits per heavy atom. The summed E-state index contributed by atoms with van der Waals surface area (Å²) in [7, 11) is 0. The van der Waals surface area contributed by atoms with Crippen LogP contribution in [-0.2, 0) is 14.2 Å². The summed E-state index contributed by atoms with van der Waals surface area (Å²) in [4.78, 5) is 39.5. The molecule has 0 fully saturated rings. The molecule has 0 aromatic heterocycles. The van der Waals surface area contributed by atoms with Gasteiger partial charge in [-0.2, -0.15) is 0 Å². The number of rotatable bonds is 32. The third kappa shape index (κ3) is 21.5. The van der Waals surface area contributed by atoms with Crippen molar-refractivity contribution in [2.24, 2.45) is 11.8 Å². The van der Waals surface area contributed by atoms with E-state index < -0.39 is 17.9 Å². The SMILES string of the molecule is CCCCCCCCCCCCCCCCCCOC(=O)c1cc(C(=O)OCC(CC)CCCC)ccc1C(=O)OCC(CC)CCCC. The zero-order valence-corrected chi connectivity index (χ0v) is 32.4. The van der Waals surface area contributed by atoms with Gasteiger partial charge in [-0.3, -0.25) is 0 Å². The summed E-state index contributed by atoms with van der Waals surface area (Å²) < 4.78 is 16.9. The molecule has 0 amide bonds. The highest BCUT2D eigenvalue weighted by Crippen LogP contribution is 2.21. The fourth-order valence-electron chi connectivity index (χ4n) is 6.26. The summed E-state index contributed by atoms with van der Waals surface area (Å²) in [5.41, 5.74) is 0.439. The molecule has 282 valence electrons. The van der Waals surface area contributed by atoms with Crippen molar-refractivity contribution in [3.8, 4) is 0 Å². The third-order valence-electron chi connectivity index (χ3n) is 9.91. The van der Waals surface area contributed by atoms with Crippen LogP contribution >= 0.6 is 0 Å². The molecule has 0 aliphatic rings. The number of esters is 3. The molecule has 0 saturated carbocycles. The van der Waals surface area contributed by atoms with Crippen LogP contribution in [0.25, 0.3) is 0 Å². The minimum Gasteiger partial charge on any atom is -0.462 e. The third-order valence-corrected chi connectivity index (χ3v) is 9.91. The van der Waals surface area contributed by atoms with Gasteiger partial charge in [0.1, 0.15) is 0 Å². The summed E-state index contributed by atoms with van der Waals surface area (Å²) >= 11 is 0. The Labute approximate surface area is 301 Å². The fraction of sp³-hybridized carbons (Fsp3) is 0.791. The standard InChI is InChI=1S/C43H74O6/c1-6-11-14-15-16-17-18-19-20-21-22-23-24-25-26-27-32-47-43(46)40-33-38(41(44)48-34-36(9-4)28-12-7-2)30-31-39(40)42(45)49-35-37(10-5)29-13-8-3/h30-31,33,36-37H,6-29,32,34-35H2,1-5H3. The molecule has 0 N–H and O–H groups in total. The maximum atomic E-state index is 13.3. The van der Waals surface area contributed by atoms with Gasteiger partial charge >= 0.3 is 17.9 Å². The number of carbonyl (C=O) groups excluding carboxylic acids is 3. The van der Waals surface area contributed by atoms with E-state index in [4.69, 9.17) is 14.2 Å². The first-order valence-corrected chi connectivity index (χ1v) is 20.6. The van der Waals surface area contributed by atoms with Gasteiger partial charge in [-0.15, -0.1) is 0 Å². The summed E-state index contributed by atoms with van der Waals surface area (Å²) in [6, 6.07) is 4.49. The molecule has 6 heteroatoms. The van der Waals surface area contributed by atoms with E-state index in [1.54, 1.807) is 6.07 Å². The summed E-state index contributed by atoms with van der Waals surface area (Å²) in [5, 5.41) is 0. The normalized spacial score (nSPS) is 12.4. The summed E-state index contributed by atoms with van der Waals surface area (Å²) in [6.45, 7) is 11.7. The van der Waals surface area contributed by atoms with Gasteiger partial charge in [0.25, 0.3) is 0 Å². The molecule has 2 unspecified atom stereocenters. The molecule has 1 aromatic rings. The number of unbranched alkanes of at least 4 members (excludes halogenated alkanes) is 17. The molecule has 1 rings (SSSR count). The largest absolute Gasteiger partial charge is 0.462 e.